The van der Waals surface area contributed by atoms with E-state index in [0.29, 0.717) is 16.6 Å². The van der Waals surface area contributed by atoms with Crippen molar-refractivity contribution < 1.29 is 18.0 Å². The quantitative estimate of drug-likeness (QED) is 0.436. The van der Waals surface area contributed by atoms with E-state index >= 15 is 0 Å². The van der Waals surface area contributed by atoms with Crippen LogP contribution in [0.4, 0.5) is 19.0 Å². The summed E-state index contributed by atoms with van der Waals surface area (Å²) in [7, 11) is 0. The Labute approximate surface area is 194 Å². The van der Waals surface area contributed by atoms with Crippen LogP contribution in [-0.2, 0) is 17.5 Å². The highest BCUT2D eigenvalue weighted by atomic mass is 35.5. The van der Waals surface area contributed by atoms with Gasteiger partial charge in [0.15, 0.2) is 11.5 Å². The second-order valence-electron chi connectivity index (χ2n) is 6.63. The van der Waals surface area contributed by atoms with Crippen LogP contribution < -0.4 is 5.32 Å². The number of anilines is 1. The molecule has 13 heteroatoms. The second kappa shape index (κ2) is 8.90. The number of nitrogens with one attached hydrogen (secondary N) is 1. The molecule has 3 rings (SSSR count). The summed E-state index contributed by atoms with van der Waals surface area (Å²) in [6, 6.07) is 3.96. The monoisotopic (exact) mass is 513 g/mol. The molecule has 1 aromatic carbocycles. The van der Waals surface area contributed by atoms with E-state index in [-0.39, 0.29) is 16.5 Å². The van der Waals surface area contributed by atoms with Crippen molar-refractivity contribution in [2.24, 2.45) is 0 Å². The number of hydrogen-bond acceptors (Lipinski definition) is 3. The molecule has 166 valence electrons. The zero-order valence-corrected chi connectivity index (χ0v) is 19.0. The predicted octanol–water partition coefficient (Wildman–Crippen LogP) is 6.27. The maximum Gasteiger partial charge on any atom is 0.436 e. The lowest BCUT2D eigenvalue weighted by Crippen LogP contribution is -2.26. The number of aromatic nitrogens is 4. The minimum atomic E-state index is -4.74. The third-order valence-corrected chi connectivity index (χ3v) is 5.85. The largest absolute Gasteiger partial charge is 0.436 e. The van der Waals surface area contributed by atoms with Crippen LogP contribution >= 0.6 is 46.4 Å². The van der Waals surface area contributed by atoms with Crippen molar-refractivity contribution in [3.8, 4) is 0 Å². The fraction of sp³-hybridized carbons (Fsp3) is 0.278. The van der Waals surface area contributed by atoms with Gasteiger partial charge in [-0.25, -0.2) is 0 Å². The van der Waals surface area contributed by atoms with Crippen LogP contribution in [0.2, 0.25) is 20.1 Å². The first-order valence-electron chi connectivity index (χ1n) is 8.68. The van der Waals surface area contributed by atoms with E-state index in [1.54, 1.807) is 18.2 Å². The standard InChI is InChI=1S/C18H14Cl4F3N5O/c1-8-14(22)15(18(23,24)25)27-30(8)9(2)17(31)26-16-13(21)7-29(28-16)6-10-3-4-11(19)12(20)5-10/h3-5,7,9H,6H2,1-2H3,(H,26,28,31). The molecule has 0 aliphatic carbocycles. The minimum Gasteiger partial charge on any atom is -0.306 e. The number of alkyl halides is 3. The van der Waals surface area contributed by atoms with E-state index in [2.05, 4.69) is 15.5 Å². The normalized spacial score (nSPS) is 12.8. The molecule has 0 bridgehead atoms. The van der Waals surface area contributed by atoms with Crippen molar-refractivity contribution in [3.05, 3.63) is 61.4 Å². The van der Waals surface area contributed by atoms with Crippen LogP contribution in [0.3, 0.4) is 0 Å². The molecule has 3 aromatic rings. The highest BCUT2D eigenvalue weighted by Crippen LogP contribution is 2.36. The maximum absolute atomic E-state index is 13.0. The highest BCUT2D eigenvalue weighted by molar-refractivity contribution is 6.42. The van der Waals surface area contributed by atoms with Crippen molar-refractivity contribution in [1.29, 1.82) is 0 Å². The van der Waals surface area contributed by atoms with Gasteiger partial charge in [0.2, 0.25) is 5.91 Å². The molecule has 1 unspecified atom stereocenters. The molecule has 0 aliphatic heterocycles. The van der Waals surface area contributed by atoms with Crippen LogP contribution in [0.1, 0.15) is 29.9 Å². The Kier molecular flexibility index (Phi) is 6.81. The molecule has 0 radical (unpaired) electrons. The van der Waals surface area contributed by atoms with Gasteiger partial charge in [-0.3, -0.25) is 14.2 Å². The van der Waals surface area contributed by atoms with E-state index in [9.17, 15) is 18.0 Å². The molecule has 1 amide bonds. The Hall–Kier alpha value is -1.94. The third-order valence-electron chi connectivity index (χ3n) is 4.38. The van der Waals surface area contributed by atoms with Gasteiger partial charge in [0.25, 0.3) is 0 Å². The molecule has 0 saturated heterocycles. The number of amides is 1. The van der Waals surface area contributed by atoms with Gasteiger partial charge in [0.05, 0.1) is 27.3 Å². The zero-order chi connectivity index (χ0) is 23.1. The molecular weight excluding hydrogens is 501 g/mol. The number of benzene rings is 1. The molecule has 31 heavy (non-hydrogen) atoms. The summed E-state index contributed by atoms with van der Waals surface area (Å²) >= 11 is 23.8. The van der Waals surface area contributed by atoms with Crippen LogP contribution in [-0.4, -0.2) is 25.5 Å². The van der Waals surface area contributed by atoms with Gasteiger partial charge >= 0.3 is 6.18 Å². The lowest BCUT2D eigenvalue weighted by Gasteiger charge is -2.13. The molecule has 2 heterocycles. The van der Waals surface area contributed by atoms with Crippen LogP contribution in [0.25, 0.3) is 0 Å². The first-order chi connectivity index (χ1) is 14.4. The van der Waals surface area contributed by atoms with E-state index in [4.69, 9.17) is 46.4 Å². The fourth-order valence-electron chi connectivity index (χ4n) is 2.78. The van der Waals surface area contributed by atoms with Gasteiger partial charge in [0, 0.05) is 6.20 Å². The molecule has 1 atom stereocenters. The first kappa shape index (κ1) is 23.7. The Morgan fingerprint density at radius 1 is 1.13 bits per heavy atom. The van der Waals surface area contributed by atoms with Gasteiger partial charge in [-0.05, 0) is 31.5 Å². The highest BCUT2D eigenvalue weighted by Gasteiger charge is 2.39. The summed E-state index contributed by atoms with van der Waals surface area (Å²) < 4.78 is 41.5. The number of halogens is 7. The Morgan fingerprint density at radius 2 is 1.81 bits per heavy atom. The molecule has 6 nitrogen and oxygen atoms in total. The summed E-state index contributed by atoms with van der Waals surface area (Å²) in [6.45, 7) is 3.02. The molecule has 0 spiro atoms. The van der Waals surface area contributed by atoms with E-state index in [1.807, 2.05) is 0 Å². The van der Waals surface area contributed by atoms with Crippen molar-refractivity contribution in [1.82, 2.24) is 19.6 Å². The fourth-order valence-corrected chi connectivity index (χ4v) is 3.53. The van der Waals surface area contributed by atoms with Gasteiger partial charge in [0.1, 0.15) is 11.1 Å². The average Bonchev–Trinajstić information content (AvgIpc) is 3.17. The summed E-state index contributed by atoms with van der Waals surface area (Å²) in [6.07, 6.45) is -3.25. The molecular formula is C18H14Cl4F3N5O. The predicted molar refractivity (Wildman–Crippen MR) is 113 cm³/mol. The number of carbonyl (C=O) groups is 1. The van der Waals surface area contributed by atoms with Gasteiger partial charge < -0.3 is 5.32 Å². The Bertz CT molecular complexity index is 1140. The van der Waals surface area contributed by atoms with Crippen LogP contribution in [0, 0.1) is 6.92 Å². The number of carbonyl (C=O) groups excluding carboxylic acids is 1. The zero-order valence-electron chi connectivity index (χ0n) is 15.9. The van der Waals surface area contributed by atoms with Crippen molar-refractivity contribution >= 4 is 58.1 Å². The Morgan fingerprint density at radius 3 is 2.39 bits per heavy atom. The topological polar surface area (TPSA) is 64.7 Å². The number of hydrogen-bond donors (Lipinski definition) is 1. The maximum atomic E-state index is 13.0. The SMILES string of the molecule is Cc1c(Cl)c(C(F)(F)F)nn1C(C)C(=O)Nc1nn(Cc2ccc(Cl)c(Cl)c2)cc1Cl. The smallest absolute Gasteiger partial charge is 0.306 e. The lowest BCUT2D eigenvalue weighted by atomic mass is 10.2. The molecule has 0 saturated carbocycles. The van der Waals surface area contributed by atoms with Gasteiger partial charge in [-0.1, -0.05) is 52.5 Å². The van der Waals surface area contributed by atoms with E-state index in [1.165, 1.54) is 24.7 Å². The van der Waals surface area contributed by atoms with Crippen LogP contribution in [0.15, 0.2) is 24.4 Å². The summed E-state index contributed by atoms with van der Waals surface area (Å²) in [4.78, 5) is 12.6. The Balaban J connectivity index is 1.77. The second-order valence-corrected chi connectivity index (χ2v) is 8.23. The van der Waals surface area contributed by atoms with Crippen LogP contribution in [0.5, 0.6) is 0 Å². The number of nitrogens with zero attached hydrogens (tertiary/aromatic N) is 4. The van der Waals surface area contributed by atoms with Crippen molar-refractivity contribution in [2.45, 2.75) is 32.6 Å². The summed E-state index contributed by atoms with van der Waals surface area (Å²) in [5.41, 5.74) is -0.454. The third kappa shape index (κ3) is 5.11. The molecule has 2 aromatic heterocycles. The summed E-state index contributed by atoms with van der Waals surface area (Å²) in [5, 5.41) is 10.5. The minimum absolute atomic E-state index is 0.00730. The van der Waals surface area contributed by atoms with Gasteiger partial charge in [-0.15, -0.1) is 0 Å². The first-order valence-corrected chi connectivity index (χ1v) is 10.2. The number of rotatable bonds is 5. The lowest BCUT2D eigenvalue weighted by molar-refractivity contribution is -0.141. The van der Waals surface area contributed by atoms with E-state index < -0.39 is 28.8 Å². The molecule has 0 fully saturated rings. The summed E-state index contributed by atoms with van der Waals surface area (Å²) in [5.74, 6) is -0.622. The molecule has 1 N–H and O–H groups in total. The van der Waals surface area contributed by atoms with Crippen molar-refractivity contribution in [3.63, 3.8) is 0 Å². The molecule has 0 aliphatic rings. The van der Waals surface area contributed by atoms with E-state index in [0.717, 1.165) is 10.2 Å². The van der Waals surface area contributed by atoms with Crippen molar-refractivity contribution in [2.75, 3.05) is 5.32 Å². The average molecular weight is 515 g/mol. The van der Waals surface area contributed by atoms with Gasteiger partial charge in [-0.2, -0.15) is 23.4 Å².